The van der Waals surface area contributed by atoms with Gasteiger partial charge in [-0.1, -0.05) is 273 Å². The van der Waals surface area contributed by atoms with Crippen molar-refractivity contribution in [1.82, 2.24) is 18.3 Å². The van der Waals surface area contributed by atoms with Crippen LogP contribution in [0.3, 0.4) is 0 Å². The van der Waals surface area contributed by atoms with Crippen LogP contribution in [0.15, 0.2) is 455 Å². The van der Waals surface area contributed by atoms with Gasteiger partial charge in [-0.3, -0.25) is 0 Å². The number of aromatic nitrogens is 4. The molecule has 0 saturated carbocycles. The minimum absolute atomic E-state index is 1.13. The average Bonchev–Trinajstić information content (AvgIpc) is 1.55. The molecule has 0 N–H and O–H groups in total. The van der Waals surface area contributed by atoms with Crippen molar-refractivity contribution in [2.45, 2.75) is 0 Å². The molecule has 0 aliphatic heterocycles. The fraction of sp³-hybridized carbons (Fsp3) is 0. The highest BCUT2D eigenvalue weighted by Gasteiger charge is 2.25. The van der Waals surface area contributed by atoms with E-state index in [1.807, 2.05) is 34.0 Å². The first-order valence-corrected chi connectivity index (χ1v) is 45.4. The predicted molar refractivity (Wildman–Crippen MR) is 544 cm³/mol. The first-order chi connectivity index (χ1) is 62.5. The molecule has 0 aliphatic carbocycles. The van der Waals surface area contributed by atoms with Gasteiger partial charge in [-0.05, 0) is 224 Å². The van der Waals surface area contributed by atoms with Crippen molar-refractivity contribution >= 4 is 209 Å². The summed E-state index contributed by atoms with van der Waals surface area (Å²) in [4.78, 5) is 2.31. The third kappa shape index (κ3) is 12.1. The summed E-state index contributed by atoms with van der Waals surface area (Å²) in [6.07, 6.45) is 6.66. The summed E-state index contributed by atoms with van der Waals surface area (Å²) in [6.45, 7) is 0. The number of para-hydroxylation sites is 7. The summed E-state index contributed by atoms with van der Waals surface area (Å²) in [5.41, 5.74) is 21.9. The van der Waals surface area contributed by atoms with Crippen LogP contribution in [0.4, 0.5) is 17.1 Å². The second-order valence-corrected chi connectivity index (χ2v) is 35.7. The second kappa shape index (κ2) is 30.1. The van der Waals surface area contributed by atoms with E-state index in [9.17, 15) is 0 Å². The van der Waals surface area contributed by atoms with Crippen LogP contribution in [0, 0.1) is 0 Å². The summed E-state index contributed by atoms with van der Waals surface area (Å²) < 4.78 is 17.5. The molecule has 0 amide bonds. The zero-order valence-electron chi connectivity index (χ0n) is 68.3. The maximum Gasteiger partial charge on any atom is 0.0621 e. The molecule has 0 radical (unpaired) electrons. The molecule has 0 atom stereocenters. The predicted octanol–water partition coefficient (Wildman–Crippen LogP) is 34.2. The molecule has 0 unspecified atom stereocenters. The van der Waals surface area contributed by atoms with E-state index in [0.717, 1.165) is 17.1 Å². The number of thiophene rings is 3. The Kier molecular flexibility index (Phi) is 17.5. The van der Waals surface area contributed by atoms with E-state index in [1.165, 1.54) is 214 Å². The molecule has 0 bridgehead atoms. The van der Waals surface area contributed by atoms with Crippen molar-refractivity contribution in [2.24, 2.45) is 0 Å². The van der Waals surface area contributed by atoms with Crippen LogP contribution in [0.2, 0.25) is 0 Å². The summed E-state index contributed by atoms with van der Waals surface area (Å²) in [7, 11) is 0. The van der Waals surface area contributed by atoms with Gasteiger partial charge in [0.1, 0.15) is 0 Å². The van der Waals surface area contributed by atoms with E-state index >= 15 is 0 Å². The van der Waals surface area contributed by atoms with Crippen molar-refractivity contribution < 1.29 is 0 Å². The van der Waals surface area contributed by atoms with Crippen molar-refractivity contribution in [2.75, 3.05) is 4.90 Å². The fourth-order valence-electron chi connectivity index (χ4n) is 19.8. The summed E-state index contributed by atoms with van der Waals surface area (Å²) in [5, 5.41) is 24.6. The number of hydrogen-bond donors (Lipinski definition) is 0. The molecule has 126 heavy (non-hydrogen) atoms. The van der Waals surface area contributed by atoms with Crippen LogP contribution in [0.1, 0.15) is 0 Å². The molecule has 27 rings (SSSR count). The Morgan fingerprint density at radius 3 is 0.960 bits per heavy atom. The van der Waals surface area contributed by atoms with Gasteiger partial charge in [0.25, 0.3) is 0 Å². The highest BCUT2D eigenvalue weighted by atomic mass is 32.1. The second-order valence-electron chi connectivity index (χ2n) is 32.6. The molecule has 20 aromatic carbocycles. The molecule has 0 aliphatic rings. The first kappa shape index (κ1) is 73.1. The lowest BCUT2D eigenvalue weighted by Gasteiger charge is -2.25. The van der Waals surface area contributed by atoms with Crippen LogP contribution in [-0.4, -0.2) is 18.3 Å². The molecule has 7 heterocycles. The average molecular weight is 1660 g/mol. The van der Waals surface area contributed by atoms with Crippen molar-refractivity contribution in [1.29, 1.82) is 0 Å². The molecule has 0 spiro atoms. The van der Waals surface area contributed by atoms with Gasteiger partial charge in [-0.25, -0.2) is 0 Å². The van der Waals surface area contributed by atoms with Gasteiger partial charge in [-0.2, -0.15) is 0 Å². The Morgan fingerprint density at radius 1 is 0.190 bits per heavy atom. The highest BCUT2D eigenvalue weighted by Crippen LogP contribution is 2.51. The molecule has 5 nitrogen and oxygen atoms in total. The number of hydrogen-bond acceptors (Lipinski definition) is 4. The highest BCUT2D eigenvalue weighted by molar-refractivity contribution is 7.27. The SMILES string of the molecule is c1ccc(-n2ccc3cc(-c4ccc5c(c4)c4ccccc4n5-c4ccccc4)c4ccc5c6ccccc6sc5c4c32)cc1.c1ccc(-n2ccc3cc(-c4ccc5ccccc5c4)c4ccc5c6ccccc6sc5c4c32)cc1.c1ccc(N(c2ccccc2)c2ccc(-c3cc4ccn(-c5ccccc5)c4c4c3ccc3c5ccccc5sc34)cc2)cc1. The van der Waals surface area contributed by atoms with Gasteiger partial charge < -0.3 is 23.2 Å². The summed E-state index contributed by atoms with van der Waals surface area (Å²) >= 11 is 5.71. The van der Waals surface area contributed by atoms with E-state index in [-0.39, 0.29) is 0 Å². The first-order valence-electron chi connectivity index (χ1n) is 42.9. The number of benzene rings is 20. The third-order valence-corrected chi connectivity index (χ3v) is 29.1. The lowest BCUT2D eigenvalue weighted by atomic mass is 9.93. The van der Waals surface area contributed by atoms with Crippen molar-refractivity contribution in [3.8, 4) is 56.1 Å². The standard InChI is InChI=1S/C42H26N2S.C42H28N2S.C34H21NS/c1-3-11-29(12-4-1)43-24-23-28-26-35(33-20-21-34-32-16-8-10-18-39(32)45-42(34)40(33)41(28)43)27-19-22-38-36(25-27)31-15-7-9-17-37(31)44(38)30-13-5-2-6-14-30;1-4-12-31(13-5-1)43-27-26-30-28-38(36-24-25-37-35-18-10-11-19-39(35)45-42(37)40(36)41(30)43)29-20-22-34(23-21-29)44(32-14-6-2-7-15-32)33-16-8-3-9-17-33;1-2-10-26(11-3-1)35-19-18-25-21-30(24-15-14-22-8-4-5-9-23(22)20-24)28-16-17-29-27-12-6-7-13-31(27)36-34(29)32(28)33(25)35/h1-26H;1-28H;1-21H. The quantitative estimate of drug-likeness (QED) is 0.134. The molecule has 590 valence electrons. The molecule has 27 aromatic rings. The van der Waals surface area contributed by atoms with E-state index < -0.39 is 0 Å². The minimum Gasteiger partial charge on any atom is -0.316 e. The topological polar surface area (TPSA) is 23.0 Å². The molecule has 7 aromatic heterocycles. The van der Waals surface area contributed by atoms with Crippen LogP contribution < -0.4 is 4.90 Å². The number of rotatable bonds is 10. The van der Waals surface area contributed by atoms with Gasteiger partial charge in [0, 0.05) is 162 Å². The van der Waals surface area contributed by atoms with Gasteiger partial charge in [0.05, 0.1) is 27.6 Å². The summed E-state index contributed by atoms with van der Waals surface area (Å²) in [5.74, 6) is 0. The zero-order valence-corrected chi connectivity index (χ0v) is 70.7. The smallest absolute Gasteiger partial charge is 0.0621 e. The van der Waals surface area contributed by atoms with E-state index in [2.05, 4.69) is 479 Å². The van der Waals surface area contributed by atoms with E-state index in [1.54, 1.807) is 0 Å². The Labute approximate surface area is 738 Å². The molecular formula is C118H75N5S3. The van der Waals surface area contributed by atoms with Crippen molar-refractivity contribution in [3.05, 3.63) is 455 Å². The summed E-state index contributed by atoms with van der Waals surface area (Å²) in [6, 6.07) is 159. The van der Waals surface area contributed by atoms with Crippen molar-refractivity contribution in [3.63, 3.8) is 0 Å². The molecular weight excluding hydrogens is 1580 g/mol. The van der Waals surface area contributed by atoms with Crippen LogP contribution in [-0.2, 0) is 0 Å². The van der Waals surface area contributed by atoms with Gasteiger partial charge in [0.15, 0.2) is 0 Å². The Morgan fingerprint density at radius 2 is 0.516 bits per heavy atom. The Hall–Kier alpha value is -15.7. The van der Waals surface area contributed by atoms with Crippen LogP contribution >= 0.6 is 34.0 Å². The number of fused-ring (bicyclic) bond motifs is 25. The van der Waals surface area contributed by atoms with Gasteiger partial charge in [-0.15, -0.1) is 34.0 Å². The van der Waals surface area contributed by atoms with E-state index in [4.69, 9.17) is 0 Å². The molecule has 0 saturated heterocycles. The van der Waals surface area contributed by atoms with Gasteiger partial charge in [0.2, 0.25) is 0 Å². The Balaban J connectivity index is 0.000000104. The molecule has 0 fully saturated rings. The maximum absolute atomic E-state index is 2.40. The number of anilines is 3. The lowest BCUT2D eigenvalue weighted by Crippen LogP contribution is -2.09. The van der Waals surface area contributed by atoms with Crippen LogP contribution in [0.5, 0.6) is 0 Å². The molecule has 8 heteroatoms. The largest absolute Gasteiger partial charge is 0.316 e. The maximum atomic E-state index is 2.40. The zero-order chi connectivity index (χ0) is 82.9. The van der Waals surface area contributed by atoms with Crippen LogP contribution in [0.25, 0.3) is 214 Å². The Bertz CT molecular complexity index is 8910. The van der Waals surface area contributed by atoms with E-state index in [0.29, 0.717) is 0 Å². The number of nitrogens with zero attached hydrogens (tertiary/aromatic N) is 5. The normalized spacial score (nSPS) is 11.8. The lowest BCUT2D eigenvalue weighted by molar-refractivity contribution is 1.13. The minimum atomic E-state index is 1.13. The van der Waals surface area contributed by atoms with Gasteiger partial charge >= 0.3 is 0 Å². The monoisotopic (exact) mass is 1660 g/mol. The third-order valence-electron chi connectivity index (χ3n) is 25.5. The fourth-order valence-corrected chi connectivity index (χ4v) is 23.6.